The number of carbonyl (C=O) groups is 1. The van der Waals surface area contributed by atoms with Gasteiger partial charge < -0.3 is 19.5 Å². The number of hydrogen-bond acceptors (Lipinski definition) is 7. The molecule has 5 heterocycles. The first-order valence-corrected chi connectivity index (χ1v) is 13.7. The molecule has 0 saturated carbocycles. The summed E-state index contributed by atoms with van der Waals surface area (Å²) in [5, 5.41) is 10.6. The number of nitrogens with zero attached hydrogens (tertiary/aromatic N) is 7. The Morgan fingerprint density at radius 2 is 1.80 bits per heavy atom. The summed E-state index contributed by atoms with van der Waals surface area (Å²) in [6.07, 6.45) is 8.30. The summed E-state index contributed by atoms with van der Waals surface area (Å²) in [5.74, 6) is -0.721. The number of benzene rings is 1. The average Bonchev–Trinajstić information content (AvgIpc) is 3.31. The van der Waals surface area contributed by atoms with Crippen LogP contribution in [0.5, 0.6) is 0 Å². The number of carbonyl (C=O) groups excluding carboxylic acids is 1. The highest BCUT2D eigenvalue weighted by atomic mass is 35.5. The van der Waals surface area contributed by atoms with Crippen molar-refractivity contribution in [1.82, 2.24) is 29.4 Å². The number of aromatic nitrogens is 5. The summed E-state index contributed by atoms with van der Waals surface area (Å²) in [6, 6.07) is 4.34. The van der Waals surface area contributed by atoms with E-state index in [1.807, 2.05) is 4.57 Å². The van der Waals surface area contributed by atoms with Crippen LogP contribution in [0.4, 0.5) is 14.7 Å². The lowest BCUT2D eigenvalue weighted by molar-refractivity contribution is 0.0473. The average molecular weight is 568 g/mol. The number of aliphatic hydroxyl groups is 1. The number of hydrogen-bond donors (Lipinski definition) is 1. The predicted molar refractivity (Wildman–Crippen MR) is 145 cm³/mol. The normalized spacial score (nSPS) is 18.4. The van der Waals surface area contributed by atoms with Crippen LogP contribution in [0.25, 0.3) is 11.0 Å². The molecule has 2 aliphatic rings. The molecule has 1 amide bonds. The molecule has 1 aromatic carbocycles. The second kappa shape index (κ2) is 11.1. The summed E-state index contributed by atoms with van der Waals surface area (Å²) in [4.78, 5) is 33.7. The molecule has 12 heteroatoms. The van der Waals surface area contributed by atoms with E-state index in [2.05, 4.69) is 24.8 Å². The third-order valence-electron chi connectivity index (χ3n) is 7.73. The van der Waals surface area contributed by atoms with Crippen molar-refractivity contribution in [2.24, 2.45) is 0 Å². The fourth-order valence-electron chi connectivity index (χ4n) is 5.65. The van der Waals surface area contributed by atoms with Crippen LogP contribution in [-0.4, -0.2) is 72.7 Å². The Kier molecular flexibility index (Phi) is 7.33. The molecule has 0 aliphatic carbocycles. The SMILES string of the molecule is O=C(c1ccc(Cc2ncnc3c2c(F)cn3C2CCN(c3ncc(Cl)cn3)CC2)c(F)c1)N1CCC[C@@H](O)C1. The van der Waals surface area contributed by atoms with Crippen LogP contribution in [0.3, 0.4) is 0 Å². The van der Waals surface area contributed by atoms with Gasteiger partial charge in [0.05, 0.1) is 34.6 Å². The molecule has 6 rings (SSSR count). The van der Waals surface area contributed by atoms with Gasteiger partial charge in [0.2, 0.25) is 5.95 Å². The lowest BCUT2D eigenvalue weighted by atomic mass is 10.0. The molecule has 2 saturated heterocycles. The third kappa shape index (κ3) is 5.23. The van der Waals surface area contributed by atoms with Gasteiger partial charge in [0.25, 0.3) is 5.91 Å². The lowest BCUT2D eigenvalue weighted by Gasteiger charge is -2.32. The van der Waals surface area contributed by atoms with Crippen LogP contribution in [0.15, 0.2) is 43.1 Å². The van der Waals surface area contributed by atoms with Crippen LogP contribution in [0.1, 0.15) is 53.3 Å². The van der Waals surface area contributed by atoms with Crippen molar-refractivity contribution in [3.8, 4) is 0 Å². The number of amides is 1. The first kappa shape index (κ1) is 26.5. The van der Waals surface area contributed by atoms with E-state index in [1.165, 1.54) is 18.6 Å². The standard InChI is InChI=1S/C28H28ClF2N7O2/c29-19-12-32-28(33-13-19)36-8-5-20(6-9-36)38-15-23(31)25-24(34-16-35-26(25)38)11-17-3-4-18(10-22(17)30)27(40)37-7-1-2-21(39)14-37/h3-4,10,12-13,15-16,20-21,39H,1-2,5-9,11,14H2/t21-/m1/s1. The quantitative estimate of drug-likeness (QED) is 0.386. The van der Waals surface area contributed by atoms with Crippen molar-refractivity contribution in [3.63, 3.8) is 0 Å². The minimum absolute atomic E-state index is 0.0219. The number of aliphatic hydroxyl groups excluding tert-OH is 1. The second-order valence-electron chi connectivity index (χ2n) is 10.4. The minimum Gasteiger partial charge on any atom is -0.391 e. The van der Waals surface area contributed by atoms with E-state index in [0.29, 0.717) is 60.4 Å². The topological polar surface area (TPSA) is 100 Å². The number of rotatable bonds is 5. The Hall–Kier alpha value is -3.70. The molecule has 4 aromatic rings. The number of likely N-dealkylation sites (tertiary alicyclic amines) is 1. The van der Waals surface area contributed by atoms with Crippen molar-refractivity contribution >= 4 is 34.5 Å². The first-order chi connectivity index (χ1) is 19.4. The van der Waals surface area contributed by atoms with Gasteiger partial charge >= 0.3 is 0 Å². The molecule has 0 radical (unpaired) electrons. The zero-order chi connectivity index (χ0) is 27.8. The monoisotopic (exact) mass is 567 g/mol. The molecule has 1 N–H and O–H groups in total. The summed E-state index contributed by atoms with van der Waals surface area (Å²) >= 11 is 5.90. The first-order valence-electron chi connectivity index (χ1n) is 13.4. The van der Waals surface area contributed by atoms with Crippen LogP contribution in [-0.2, 0) is 6.42 Å². The number of anilines is 1. The molecule has 3 aromatic heterocycles. The number of β-amino-alcohol motifs (C(OH)–C–C–N with tert-alkyl or cyclic N) is 1. The molecule has 2 fully saturated rings. The molecule has 2 aliphatic heterocycles. The molecular weight excluding hydrogens is 540 g/mol. The minimum atomic E-state index is -0.563. The molecule has 9 nitrogen and oxygen atoms in total. The maximum Gasteiger partial charge on any atom is 0.254 e. The zero-order valence-electron chi connectivity index (χ0n) is 21.7. The predicted octanol–water partition coefficient (Wildman–Crippen LogP) is 4.18. The smallest absolute Gasteiger partial charge is 0.254 e. The van der Waals surface area contributed by atoms with Crippen LogP contribution in [0, 0.1) is 11.6 Å². The second-order valence-corrected chi connectivity index (χ2v) is 10.8. The van der Waals surface area contributed by atoms with Gasteiger partial charge in [-0.05, 0) is 43.4 Å². The van der Waals surface area contributed by atoms with Gasteiger partial charge in [0, 0.05) is 50.4 Å². The number of halogens is 3. The Balaban J connectivity index is 1.20. The highest BCUT2D eigenvalue weighted by Gasteiger charge is 2.27. The Labute approximate surface area is 234 Å². The number of fused-ring (bicyclic) bond motifs is 1. The Bertz CT molecular complexity index is 1540. The van der Waals surface area contributed by atoms with Gasteiger partial charge in [-0.3, -0.25) is 4.79 Å². The summed E-state index contributed by atoms with van der Waals surface area (Å²) in [7, 11) is 0. The fraction of sp³-hybridized carbons (Fsp3) is 0.393. The fourth-order valence-corrected chi connectivity index (χ4v) is 5.75. The van der Waals surface area contributed by atoms with Gasteiger partial charge in [0.1, 0.15) is 17.8 Å². The van der Waals surface area contributed by atoms with E-state index in [-0.39, 0.29) is 35.9 Å². The van der Waals surface area contributed by atoms with E-state index in [0.717, 1.165) is 12.8 Å². The van der Waals surface area contributed by atoms with E-state index in [1.54, 1.807) is 29.4 Å². The highest BCUT2D eigenvalue weighted by molar-refractivity contribution is 6.30. The van der Waals surface area contributed by atoms with Gasteiger partial charge in [0.15, 0.2) is 5.82 Å². The molecule has 40 heavy (non-hydrogen) atoms. The largest absolute Gasteiger partial charge is 0.391 e. The summed E-state index contributed by atoms with van der Waals surface area (Å²) in [5.41, 5.74) is 1.37. The zero-order valence-corrected chi connectivity index (χ0v) is 22.4. The summed E-state index contributed by atoms with van der Waals surface area (Å²) in [6.45, 7) is 2.16. The van der Waals surface area contributed by atoms with E-state index in [9.17, 15) is 9.90 Å². The molecule has 0 spiro atoms. The maximum atomic E-state index is 15.3. The van der Waals surface area contributed by atoms with Gasteiger partial charge in [-0.15, -0.1) is 0 Å². The van der Waals surface area contributed by atoms with E-state index < -0.39 is 17.7 Å². The van der Waals surface area contributed by atoms with Crippen LogP contribution < -0.4 is 4.90 Å². The molecule has 0 bridgehead atoms. The Morgan fingerprint density at radius 1 is 1.02 bits per heavy atom. The molecule has 0 unspecified atom stereocenters. The third-order valence-corrected chi connectivity index (χ3v) is 7.93. The van der Waals surface area contributed by atoms with Gasteiger partial charge in [-0.1, -0.05) is 17.7 Å². The van der Waals surface area contributed by atoms with Crippen molar-refractivity contribution < 1.29 is 18.7 Å². The van der Waals surface area contributed by atoms with Crippen molar-refractivity contribution in [2.45, 2.75) is 44.2 Å². The van der Waals surface area contributed by atoms with Gasteiger partial charge in [-0.25, -0.2) is 28.7 Å². The van der Waals surface area contributed by atoms with Crippen molar-refractivity contribution in [2.75, 3.05) is 31.1 Å². The molecule has 208 valence electrons. The lowest BCUT2D eigenvalue weighted by Crippen LogP contribution is -2.42. The highest BCUT2D eigenvalue weighted by Crippen LogP contribution is 2.31. The van der Waals surface area contributed by atoms with Crippen molar-refractivity contribution in [1.29, 1.82) is 0 Å². The molecular formula is C28H28ClF2N7O2. The van der Waals surface area contributed by atoms with Gasteiger partial charge in [-0.2, -0.15) is 0 Å². The molecule has 1 atom stereocenters. The van der Waals surface area contributed by atoms with Crippen LogP contribution >= 0.6 is 11.6 Å². The van der Waals surface area contributed by atoms with Crippen LogP contribution in [0.2, 0.25) is 5.02 Å². The van der Waals surface area contributed by atoms with E-state index >= 15 is 8.78 Å². The number of piperidine rings is 2. The summed E-state index contributed by atoms with van der Waals surface area (Å²) < 4.78 is 32.3. The Morgan fingerprint density at radius 3 is 2.52 bits per heavy atom. The maximum absolute atomic E-state index is 15.3. The van der Waals surface area contributed by atoms with E-state index in [4.69, 9.17) is 11.6 Å². The van der Waals surface area contributed by atoms with Crippen molar-refractivity contribution in [3.05, 3.63) is 76.6 Å².